The molecule has 0 aliphatic carbocycles. The highest BCUT2D eigenvalue weighted by Gasteiger charge is 2.88. The van der Waals surface area contributed by atoms with Gasteiger partial charge < -0.3 is 0 Å². The quantitative estimate of drug-likeness (QED) is 0.568. The lowest BCUT2D eigenvalue weighted by atomic mass is 9.80. The summed E-state index contributed by atoms with van der Waals surface area (Å²) < 4.78 is 176. The zero-order chi connectivity index (χ0) is 19.5. The van der Waals surface area contributed by atoms with E-state index < -0.39 is 55.3 Å². The molecule has 0 aromatic rings. The molecule has 0 aliphatic rings. The molecule has 23 heavy (non-hydrogen) atoms. The van der Waals surface area contributed by atoms with Gasteiger partial charge in [-0.3, -0.25) is 0 Å². The van der Waals surface area contributed by atoms with Crippen LogP contribution in [0.1, 0.15) is 13.8 Å². The Morgan fingerprint density at radius 3 is 0.870 bits per heavy atom. The van der Waals surface area contributed by atoms with E-state index in [9.17, 15) is 61.5 Å². The van der Waals surface area contributed by atoms with Crippen LogP contribution < -0.4 is 0 Å². The zero-order valence-corrected chi connectivity index (χ0v) is 10.8. The van der Waals surface area contributed by atoms with Gasteiger partial charge in [-0.1, -0.05) is 0 Å². The van der Waals surface area contributed by atoms with Crippen molar-refractivity contribution in [3.05, 3.63) is 0 Å². The van der Waals surface area contributed by atoms with Crippen LogP contribution in [0.3, 0.4) is 0 Å². The van der Waals surface area contributed by atoms with Gasteiger partial charge in [-0.25, -0.2) is 8.78 Å². The molecule has 0 aromatic carbocycles. The maximum absolute atomic E-state index is 13.5. The number of rotatable bonds is 4. The lowest BCUT2D eigenvalue weighted by Gasteiger charge is -2.44. The molecule has 2 unspecified atom stereocenters. The Hall–Kier alpha value is -0.980. The van der Waals surface area contributed by atoms with Crippen LogP contribution in [0.2, 0.25) is 0 Å². The van der Waals surface area contributed by atoms with E-state index in [1.165, 1.54) is 0 Å². The van der Waals surface area contributed by atoms with Gasteiger partial charge in [-0.15, -0.1) is 0 Å². The molecular formula is C9H6F14. The lowest BCUT2D eigenvalue weighted by molar-refractivity contribution is -0.415. The lowest BCUT2D eigenvalue weighted by Crippen LogP contribution is -2.73. The molecule has 0 saturated carbocycles. The molecule has 0 saturated heterocycles. The van der Waals surface area contributed by atoms with Crippen LogP contribution in [-0.2, 0) is 0 Å². The summed E-state index contributed by atoms with van der Waals surface area (Å²) >= 11 is 0. The standard InChI is InChI=1S/C9H6F14/c1-3(10,5(12,13)4(2,11)8(18,19)20)6(14,15)7(16,17)9(21,22)23/h1-2H3. The number of halogens is 14. The summed E-state index contributed by atoms with van der Waals surface area (Å²) in [5.74, 6) is -21.9. The molecule has 0 bridgehead atoms. The minimum Gasteiger partial charge on any atom is -0.230 e. The van der Waals surface area contributed by atoms with Crippen molar-refractivity contribution < 1.29 is 61.5 Å². The van der Waals surface area contributed by atoms with E-state index in [0.29, 0.717) is 0 Å². The third kappa shape index (κ3) is 2.71. The van der Waals surface area contributed by atoms with Gasteiger partial charge in [0, 0.05) is 0 Å². The molecule has 0 nitrogen and oxygen atoms in total. The van der Waals surface area contributed by atoms with E-state index >= 15 is 0 Å². The monoisotopic (exact) mass is 380 g/mol. The van der Waals surface area contributed by atoms with E-state index in [4.69, 9.17) is 0 Å². The van der Waals surface area contributed by atoms with Gasteiger partial charge in [0.05, 0.1) is 0 Å². The maximum atomic E-state index is 13.5. The molecule has 0 N–H and O–H groups in total. The summed E-state index contributed by atoms with van der Waals surface area (Å²) in [6.45, 7) is -2.55. The van der Waals surface area contributed by atoms with Crippen molar-refractivity contribution in [2.75, 3.05) is 0 Å². The van der Waals surface area contributed by atoms with Crippen LogP contribution in [0.5, 0.6) is 0 Å². The first-order chi connectivity index (χ1) is 9.50. The van der Waals surface area contributed by atoms with Gasteiger partial charge in [-0.2, -0.15) is 52.7 Å². The Labute approximate surface area is 118 Å². The largest absolute Gasteiger partial charge is 0.460 e. The Morgan fingerprint density at radius 2 is 0.652 bits per heavy atom. The topological polar surface area (TPSA) is 0 Å². The summed E-state index contributed by atoms with van der Waals surface area (Å²) in [5.41, 5.74) is -12.7. The number of alkyl halides is 14. The van der Waals surface area contributed by atoms with Crippen LogP contribution in [-0.4, -0.2) is 41.5 Å². The minimum atomic E-state index is -7.51. The summed E-state index contributed by atoms with van der Waals surface area (Å²) in [7, 11) is 0. The van der Waals surface area contributed by atoms with E-state index in [1.54, 1.807) is 0 Å². The Balaban J connectivity index is 6.37. The average Bonchev–Trinajstić information content (AvgIpc) is 2.24. The second-order valence-corrected chi connectivity index (χ2v) is 4.72. The molecule has 0 rings (SSSR count). The molecule has 140 valence electrons. The first-order valence-electron chi connectivity index (χ1n) is 5.15. The second kappa shape index (κ2) is 5.01. The normalized spacial score (nSPS) is 20.9. The smallest absolute Gasteiger partial charge is 0.230 e. The summed E-state index contributed by atoms with van der Waals surface area (Å²) in [4.78, 5) is 0. The SMILES string of the molecule is CC(F)(C(F)(F)F)C(F)(F)C(C)(F)C(F)(F)C(F)(F)C(F)(F)F. The Morgan fingerprint density at radius 1 is 0.348 bits per heavy atom. The number of hydrogen-bond acceptors (Lipinski definition) is 0. The molecule has 0 radical (unpaired) electrons. The molecule has 0 heterocycles. The van der Waals surface area contributed by atoms with Crippen LogP contribution in [0.15, 0.2) is 0 Å². The van der Waals surface area contributed by atoms with E-state index in [-0.39, 0.29) is 0 Å². The van der Waals surface area contributed by atoms with Gasteiger partial charge in [0.15, 0.2) is 0 Å². The maximum Gasteiger partial charge on any atom is 0.460 e. The van der Waals surface area contributed by atoms with Crippen molar-refractivity contribution in [1.29, 1.82) is 0 Å². The van der Waals surface area contributed by atoms with Gasteiger partial charge in [-0.05, 0) is 13.8 Å². The van der Waals surface area contributed by atoms with E-state index in [1.807, 2.05) is 0 Å². The van der Waals surface area contributed by atoms with Gasteiger partial charge in [0.1, 0.15) is 0 Å². The molecule has 0 aromatic heterocycles. The number of hydrogen-bond donors (Lipinski definition) is 0. The summed E-state index contributed by atoms with van der Waals surface area (Å²) in [5, 5.41) is 0. The van der Waals surface area contributed by atoms with Crippen LogP contribution >= 0.6 is 0 Å². The fourth-order valence-corrected chi connectivity index (χ4v) is 1.29. The zero-order valence-electron chi connectivity index (χ0n) is 10.8. The molecule has 0 amide bonds. The highest BCUT2D eigenvalue weighted by molar-refractivity contribution is 5.16. The molecular weight excluding hydrogens is 374 g/mol. The highest BCUT2D eigenvalue weighted by atomic mass is 19.4. The van der Waals surface area contributed by atoms with Gasteiger partial charge in [0.2, 0.25) is 5.67 Å². The third-order valence-electron chi connectivity index (χ3n) is 3.05. The van der Waals surface area contributed by atoms with Crippen molar-refractivity contribution in [3.63, 3.8) is 0 Å². The molecule has 0 fully saturated rings. The van der Waals surface area contributed by atoms with Crippen molar-refractivity contribution in [2.45, 2.75) is 55.3 Å². The van der Waals surface area contributed by atoms with E-state index in [2.05, 4.69) is 0 Å². The van der Waals surface area contributed by atoms with E-state index in [0.717, 1.165) is 0 Å². The fourth-order valence-electron chi connectivity index (χ4n) is 1.29. The van der Waals surface area contributed by atoms with Crippen molar-refractivity contribution in [1.82, 2.24) is 0 Å². The van der Waals surface area contributed by atoms with Gasteiger partial charge in [0.25, 0.3) is 5.67 Å². The highest BCUT2D eigenvalue weighted by Crippen LogP contribution is 2.61. The minimum absolute atomic E-state index is 1.17. The fraction of sp³-hybridized carbons (Fsp3) is 1.00. The van der Waals surface area contributed by atoms with Crippen molar-refractivity contribution >= 4 is 0 Å². The van der Waals surface area contributed by atoms with Crippen molar-refractivity contribution in [3.8, 4) is 0 Å². The van der Waals surface area contributed by atoms with Crippen molar-refractivity contribution in [2.24, 2.45) is 0 Å². The molecule has 0 spiro atoms. The first kappa shape index (κ1) is 22.0. The third-order valence-corrected chi connectivity index (χ3v) is 3.05. The molecule has 2 atom stereocenters. The second-order valence-electron chi connectivity index (χ2n) is 4.72. The summed E-state index contributed by atoms with van der Waals surface area (Å²) in [6.07, 6.45) is -14.1. The Kier molecular flexibility index (Phi) is 4.79. The Bertz CT molecular complexity index is 396. The predicted octanol–water partition coefficient (Wildman–Crippen LogP) is 5.47. The molecule has 0 aliphatic heterocycles. The first-order valence-corrected chi connectivity index (χ1v) is 5.15. The summed E-state index contributed by atoms with van der Waals surface area (Å²) in [6, 6.07) is 0. The van der Waals surface area contributed by atoms with Crippen LogP contribution in [0.4, 0.5) is 61.5 Å². The van der Waals surface area contributed by atoms with Crippen LogP contribution in [0, 0.1) is 0 Å². The average molecular weight is 380 g/mol. The van der Waals surface area contributed by atoms with Crippen LogP contribution in [0.25, 0.3) is 0 Å². The van der Waals surface area contributed by atoms with Gasteiger partial charge >= 0.3 is 30.1 Å². The predicted molar refractivity (Wildman–Crippen MR) is 46.0 cm³/mol. The molecule has 14 heteroatoms.